The summed E-state index contributed by atoms with van der Waals surface area (Å²) in [5.74, 6) is 0. The van der Waals surface area contributed by atoms with E-state index in [0.717, 1.165) is 0 Å². The molecule has 0 unspecified atom stereocenters. The van der Waals surface area contributed by atoms with Crippen molar-refractivity contribution in [2.75, 3.05) is 13.1 Å². The van der Waals surface area contributed by atoms with Gasteiger partial charge in [0.1, 0.15) is 6.17 Å². The average molecular weight is 296 g/mol. The molecule has 8 heteroatoms. The Morgan fingerprint density at radius 3 is 3.20 bits per heavy atom. The standard InChI is InChI=1S/C12H13FN4O2S/c13-8-3-12(6-15-4-8,17-11(18)19)9-1-2-14-5-10(9)16-7-20/h1-2,5,8,15,17H,3-4,6H2,(H,18,19)/t8-,12-/m1/s1. The summed E-state index contributed by atoms with van der Waals surface area (Å²) in [6, 6.07) is 1.61. The second-order valence-corrected chi connectivity index (χ2v) is 4.72. The molecule has 6 nitrogen and oxygen atoms in total. The van der Waals surface area contributed by atoms with Crippen LogP contribution in [0.1, 0.15) is 12.0 Å². The minimum atomic E-state index is -1.23. The molecule has 20 heavy (non-hydrogen) atoms. The number of carboxylic acid groups (broad SMARTS) is 1. The van der Waals surface area contributed by atoms with Gasteiger partial charge in [-0.15, -0.1) is 0 Å². The lowest BCUT2D eigenvalue weighted by Gasteiger charge is -2.39. The summed E-state index contributed by atoms with van der Waals surface area (Å²) in [6.45, 7) is 0.462. The Labute approximate surface area is 120 Å². The van der Waals surface area contributed by atoms with E-state index in [2.05, 4.69) is 38.0 Å². The largest absolute Gasteiger partial charge is 0.465 e. The second kappa shape index (κ2) is 6.04. The first-order valence-corrected chi connectivity index (χ1v) is 6.36. The Balaban J connectivity index is 2.51. The van der Waals surface area contributed by atoms with Gasteiger partial charge >= 0.3 is 6.09 Å². The van der Waals surface area contributed by atoms with E-state index in [1.165, 1.54) is 12.4 Å². The van der Waals surface area contributed by atoms with Gasteiger partial charge < -0.3 is 15.7 Å². The van der Waals surface area contributed by atoms with Crippen molar-refractivity contribution >= 4 is 29.2 Å². The second-order valence-electron chi connectivity index (χ2n) is 4.54. The summed E-state index contributed by atoms with van der Waals surface area (Å²) < 4.78 is 13.8. The van der Waals surface area contributed by atoms with Crippen LogP contribution in [0, 0.1) is 0 Å². The van der Waals surface area contributed by atoms with Crippen molar-refractivity contribution in [2.24, 2.45) is 4.99 Å². The van der Waals surface area contributed by atoms with Gasteiger partial charge in [-0.3, -0.25) is 4.98 Å². The molecule has 1 aliphatic rings. The summed E-state index contributed by atoms with van der Waals surface area (Å²) >= 11 is 4.57. The van der Waals surface area contributed by atoms with Crippen LogP contribution in [-0.4, -0.2) is 40.6 Å². The number of piperidine rings is 1. The van der Waals surface area contributed by atoms with Crippen LogP contribution in [0.2, 0.25) is 0 Å². The SMILES string of the molecule is O=C(O)N[C@@]1(c2ccncc2N=C=S)CNC[C@H](F)C1. The van der Waals surface area contributed by atoms with Gasteiger partial charge in [0.15, 0.2) is 0 Å². The number of rotatable bonds is 3. The van der Waals surface area contributed by atoms with Crippen molar-refractivity contribution in [1.82, 2.24) is 15.6 Å². The van der Waals surface area contributed by atoms with E-state index in [9.17, 15) is 9.18 Å². The van der Waals surface area contributed by atoms with Crippen LogP contribution in [0.4, 0.5) is 14.9 Å². The number of carbonyl (C=O) groups is 1. The maximum atomic E-state index is 13.8. The summed E-state index contributed by atoms with van der Waals surface area (Å²) in [4.78, 5) is 18.9. The topological polar surface area (TPSA) is 86.6 Å². The van der Waals surface area contributed by atoms with Gasteiger partial charge in [0.05, 0.1) is 22.6 Å². The summed E-state index contributed by atoms with van der Waals surface area (Å²) in [7, 11) is 0. The summed E-state index contributed by atoms with van der Waals surface area (Å²) in [6.07, 6.45) is 0.589. The van der Waals surface area contributed by atoms with Crippen LogP contribution < -0.4 is 10.6 Å². The molecule has 1 amide bonds. The predicted molar refractivity (Wildman–Crippen MR) is 74.1 cm³/mol. The molecule has 1 saturated heterocycles. The predicted octanol–water partition coefficient (Wildman–Crippen LogP) is 1.61. The maximum absolute atomic E-state index is 13.8. The molecule has 0 bridgehead atoms. The molecule has 0 spiro atoms. The number of isothiocyanates is 1. The molecule has 0 saturated carbocycles. The molecule has 2 atom stereocenters. The van der Waals surface area contributed by atoms with Crippen LogP contribution in [-0.2, 0) is 5.54 Å². The number of thiocarbonyl (C=S) groups is 1. The van der Waals surface area contributed by atoms with Crippen molar-refractivity contribution in [1.29, 1.82) is 0 Å². The van der Waals surface area contributed by atoms with Crippen LogP contribution in [0.15, 0.2) is 23.5 Å². The van der Waals surface area contributed by atoms with Gasteiger partial charge in [-0.25, -0.2) is 9.18 Å². The van der Waals surface area contributed by atoms with Gasteiger partial charge in [0.2, 0.25) is 0 Å². The molecule has 106 valence electrons. The molecule has 2 rings (SSSR count). The molecule has 1 fully saturated rings. The Bertz CT molecular complexity index is 564. The zero-order valence-corrected chi connectivity index (χ0v) is 11.3. The van der Waals surface area contributed by atoms with Crippen LogP contribution in [0.25, 0.3) is 0 Å². The van der Waals surface area contributed by atoms with Crippen molar-refractivity contribution < 1.29 is 14.3 Å². The zero-order valence-electron chi connectivity index (χ0n) is 10.5. The highest BCUT2D eigenvalue weighted by Crippen LogP contribution is 2.35. The number of aliphatic imine (C=N–C) groups is 1. The van der Waals surface area contributed by atoms with Gasteiger partial charge in [-0.05, 0) is 18.3 Å². The van der Waals surface area contributed by atoms with Crippen molar-refractivity contribution in [3.05, 3.63) is 24.0 Å². The molecule has 0 radical (unpaired) electrons. The lowest BCUT2D eigenvalue weighted by molar-refractivity contribution is 0.137. The third-order valence-corrected chi connectivity index (χ3v) is 3.28. The molecule has 1 aliphatic heterocycles. The molecule has 0 aromatic carbocycles. The number of halogens is 1. The van der Waals surface area contributed by atoms with Gasteiger partial charge in [0, 0.05) is 31.3 Å². The number of nitrogens with one attached hydrogen (secondary N) is 2. The number of hydrogen-bond donors (Lipinski definition) is 3. The van der Waals surface area contributed by atoms with E-state index in [-0.39, 0.29) is 19.5 Å². The van der Waals surface area contributed by atoms with Crippen LogP contribution in [0.3, 0.4) is 0 Å². The highest BCUT2D eigenvalue weighted by molar-refractivity contribution is 7.78. The maximum Gasteiger partial charge on any atom is 0.405 e. The number of aromatic nitrogens is 1. The summed E-state index contributed by atoms with van der Waals surface area (Å²) in [5, 5.41) is 16.6. The Hall–Kier alpha value is -1.89. The molecular weight excluding hydrogens is 283 g/mol. The van der Waals surface area contributed by atoms with E-state index in [0.29, 0.717) is 11.3 Å². The van der Waals surface area contributed by atoms with E-state index < -0.39 is 17.8 Å². The highest BCUT2D eigenvalue weighted by Gasteiger charge is 2.41. The number of nitrogens with zero attached hydrogens (tertiary/aromatic N) is 2. The molecule has 1 aromatic heterocycles. The Kier molecular flexibility index (Phi) is 4.39. The molecule has 1 aromatic rings. The quantitative estimate of drug-likeness (QED) is 0.583. The number of hydrogen-bond acceptors (Lipinski definition) is 5. The fourth-order valence-electron chi connectivity index (χ4n) is 2.47. The van der Waals surface area contributed by atoms with Crippen molar-refractivity contribution in [2.45, 2.75) is 18.1 Å². The lowest BCUT2D eigenvalue weighted by Crippen LogP contribution is -2.58. The minimum absolute atomic E-state index is 0.0241. The van der Waals surface area contributed by atoms with Gasteiger partial charge in [0.25, 0.3) is 0 Å². The van der Waals surface area contributed by atoms with E-state index in [1.807, 2.05) is 0 Å². The number of alkyl halides is 1. The fraction of sp³-hybridized carbons (Fsp3) is 0.417. The van der Waals surface area contributed by atoms with Crippen LogP contribution >= 0.6 is 12.2 Å². The molecular formula is C12H13FN4O2S. The first kappa shape index (κ1) is 14.5. The molecule has 0 aliphatic carbocycles. The smallest absolute Gasteiger partial charge is 0.405 e. The average Bonchev–Trinajstić information content (AvgIpc) is 2.39. The molecule has 3 N–H and O–H groups in total. The first-order chi connectivity index (χ1) is 9.57. The first-order valence-electron chi connectivity index (χ1n) is 5.96. The summed E-state index contributed by atoms with van der Waals surface area (Å²) in [5.41, 5.74) is -0.188. The Morgan fingerprint density at radius 1 is 1.75 bits per heavy atom. The van der Waals surface area contributed by atoms with Gasteiger partial charge in [-0.1, -0.05) is 0 Å². The minimum Gasteiger partial charge on any atom is -0.465 e. The number of amides is 1. The van der Waals surface area contributed by atoms with Gasteiger partial charge in [-0.2, -0.15) is 4.99 Å². The van der Waals surface area contributed by atoms with E-state index in [1.54, 1.807) is 6.07 Å². The number of pyridine rings is 1. The third-order valence-electron chi connectivity index (χ3n) is 3.19. The van der Waals surface area contributed by atoms with Crippen LogP contribution in [0.5, 0.6) is 0 Å². The third kappa shape index (κ3) is 2.98. The normalized spacial score (nSPS) is 25.6. The Morgan fingerprint density at radius 2 is 2.55 bits per heavy atom. The lowest BCUT2D eigenvalue weighted by atomic mass is 9.82. The van der Waals surface area contributed by atoms with Crippen molar-refractivity contribution in [3.63, 3.8) is 0 Å². The highest BCUT2D eigenvalue weighted by atomic mass is 32.1. The molecule has 2 heterocycles. The monoisotopic (exact) mass is 296 g/mol. The fourth-order valence-corrected chi connectivity index (χ4v) is 2.56. The zero-order chi connectivity index (χ0) is 14.6. The van der Waals surface area contributed by atoms with Crippen molar-refractivity contribution in [3.8, 4) is 0 Å². The van der Waals surface area contributed by atoms with E-state index in [4.69, 9.17) is 5.11 Å². The van der Waals surface area contributed by atoms with E-state index >= 15 is 0 Å².